The number of halogens is 1. The van der Waals surface area contributed by atoms with Crippen molar-refractivity contribution in [2.45, 2.75) is 40.0 Å². The molecule has 1 heterocycles. The lowest BCUT2D eigenvalue weighted by Crippen LogP contribution is -2.24. The van der Waals surface area contributed by atoms with E-state index in [0.29, 0.717) is 21.9 Å². The van der Waals surface area contributed by atoms with Crippen molar-refractivity contribution in [3.63, 3.8) is 0 Å². The number of aromatic nitrogens is 1. The highest BCUT2D eigenvalue weighted by atomic mass is 35.5. The van der Waals surface area contributed by atoms with E-state index >= 15 is 0 Å². The quantitative estimate of drug-likeness (QED) is 0.738. The van der Waals surface area contributed by atoms with Gasteiger partial charge in [-0.2, -0.15) is 0 Å². The molecule has 0 aliphatic carbocycles. The zero-order valence-corrected chi connectivity index (χ0v) is 15.4. The third-order valence-electron chi connectivity index (χ3n) is 3.25. The smallest absolute Gasteiger partial charge is 0.312 e. The first kappa shape index (κ1) is 18.4. The number of hydrogen-bond donors (Lipinski definition) is 0. The van der Waals surface area contributed by atoms with Crippen molar-refractivity contribution >= 4 is 40.5 Å². The molecule has 1 aromatic carbocycles. The first-order valence-electron chi connectivity index (χ1n) is 7.79. The molecule has 7 heteroatoms. The van der Waals surface area contributed by atoms with Crippen LogP contribution in [0.3, 0.4) is 0 Å². The highest BCUT2D eigenvalue weighted by Gasteiger charge is 2.20. The molecule has 0 aliphatic rings. The minimum atomic E-state index is -0.380. The summed E-state index contributed by atoms with van der Waals surface area (Å²) in [6.45, 7) is 5.41. The van der Waals surface area contributed by atoms with Crippen molar-refractivity contribution in [2.24, 2.45) is 4.99 Å². The molecule has 1 aromatic heterocycles. The van der Waals surface area contributed by atoms with Crippen LogP contribution in [-0.2, 0) is 11.2 Å². The van der Waals surface area contributed by atoms with Crippen LogP contribution in [0.15, 0.2) is 29.3 Å². The Morgan fingerprint density at radius 1 is 1.25 bits per heavy atom. The molecular formula is C17H19ClN2O3S. The van der Waals surface area contributed by atoms with Crippen LogP contribution in [0.2, 0.25) is 5.02 Å². The number of ether oxygens (including phenoxy) is 1. The van der Waals surface area contributed by atoms with Crippen molar-refractivity contribution in [2.75, 3.05) is 0 Å². The number of carbonyl (C=O) groups is 2. The number of thiazole rings is 1. The van der Waals surface area contributed by atoms with Gasteiger partial charge in [-0.15, -0.1) is 0 Å². The summed E-state index contributed by atoms with van der Waals surface area (Å²) in [6.07, 6.45) is 1.15. The maximum atomic E-state index is 12.4. The second-order valence-corrected chi connectivity index (χ2v) is 6.47. The Kier molecular flexibility index (Phi) is 6.34. The van der Waals surface area contributed by atoms with Gasteiger partial charge in [0.05, 0.1) is 10.6 Å². The second-order valence-electron chi connectivity index (χ2n) is 4.97. The average Bonchev–Trinajstić information content (AvgIpc) is 2.91. The van der Waals surface area contributed by atoms with Gasteiger partial charge in [-0.05, 0) is 24.6 Å². The molecule has 0 radical (unpaired) electrons. The Balaban J connectivity index is 2.66. The molecule has 5 nitrogen and oxygen atoms in total. The van der Waals surface area contributed by atoms with Crippen molar-refractivity contribution in [1.82, 2.24) is 4.57 Å². The van der Waals surface area contributed by atoms with Crippen LogP contribution >= 0.6 is 22.9 Å². The molecule has 0 N–H and O–H groups in total. The van der Waals surface area contributed by atoms with Gasteiger partial charge in [-0.1, -0.05) is 49.8 Å². The molecule has 0 saturated heterocycles. The number of benzene rings is 1. The number of rotatable bonds is 5. The van der Waals surface area contributed by atoms with Gasteiger partial charge in [0, 0.05) is 17.9 Å². The van der Waals surface area contributed by atoms with E-state index < -0.39 is 0 Å². The van der Waals surface area contributed by atoms with E-state index in [1.165, 1.54) is 15.9 Å². The van der Waals surface area contributed by atoms with E-state index in [1.807, 2.05) is 6.92 Å². The van der Waals surface area contributed by atoms with E-state index in [4.69, 9.17) is 16.3 Å². The Hall–Kier alpha value is -1.92. The standard InChI is InChI=1S/C17H19ClN2O3S/c1-4-13-16(23-15(22)6-3)20(14(21)5-2)17(24-13)19-12-9-7-8-11(18)10-12/h7-10H,4-6H2,1-3H3. The molecule has 128 valence electrons. The zero-order valence-electron chi connectivity index (χ0n) is 13.8. The first-order chi connectivity index (χ1) is 11.5. The largest absolute Gasteiger partial charge is 0.408 e. The predicted octanol–water partition coefficient (Wildman–Crippen LogP) is 4.36. The van der Waals surface area contributed by atoms with Gasteiger partial charge in [-0.25, -0.2) is 9.56 Å². The van der Waals surface area contributed by atoms with Gasteiger partial charge in [-0.3, -0.25) is 9.59 Å². The summed E-state index contributed by atoms with van der Waals surface area (Å²) >= 11 is 7.33. The summed E-state index contributed by atoms with van der Waals surface area (Å²) in [4.78, 5) is 29.9. The van der Waals surface area contributed by atoms with Crippen molar-refractivity contribution in [1.29, 1.82) is 0 Å². The molecule has 0 aliphatic heterocycles. The number of carbonyl (C=O) groups excluding carboxylic acids is 2. The van der Waals surface area contributed by atoms with Gasteiger partial charge < -0.3 is 4.74 Å². The molecule has 0 unspecified atom stereocenters. The van der Waals surface area contributed by atoms with Crippen LogP contribution in [-0.4, -0.2) is 16.4 Å². The van der Waals surface area contributed by atoms with Crippen LogP contribution in [0.1, 0.15) is 43.3 Å². The fraction of sp³-hybridized carbons (Fsp3) is 0.353. The summed E-state index contributed by atoms with van der Waals surface area (Å²) in [5.41, 5.74) is 0.637. The second kappa shape index (κ2) is 8.26. The van der Waals surface area contributed by atoms with Crippen molar-refractivity contribution in [3.05, 3.63) is 39.0 Å². The molecule has 2 aromatic rings. The molecule has 24 heavy (non-hydrogen) atoms. The number of esters is 1. The maximum Gasteiger partial charge on any atom is 0.312 e. The molecule has 0 atom stereocenters. The Morgan fingerprint density at radius 3 is 2.58 bits per heavy atom. The van der Waals surface area contributed by atoms with Crippen molar-refractivity contribution in [3.8, 4) is 5.88 Å². The predicted molar refractivity (Wildman–Crippen MR) is 95.2 cm³/mol. The van der Waals surface area contributed by atoms with Crippen LogP contribution in [0.5, 0.6) is 5.88 Å². The normalized spacial score (nSPS) is 11.6. The van der Waals surface area contributed by atoms with Crippen LogP contribution < -0.4 is 9.54 Å². The van der Waals surface area contributed by atoms with Gasteiger partial charge in [0.1, 0.15) is 0 Å². The number of nitrogens with zero attached hydrogens (tertiary/aromatic N) is 2. The minimum Gasteiger partial charge on any atom is -0.408 e. The summed E-state index contributed by atoms with van der Waals surface area (Å²) in [6, 6.07) is 7.06. The molecular weight excluding hydrogens is 348 g/mol. The van der Waals surface area contributed by atoms with Crippen LogP contribution in [0, 0.1) is 0 Å². The Labute approximate surface area is 149 Å². The Morgan fingerprint density at radius 2 is 2.00 bits per heavy atom. The minimum absolute atomic E-state index is 0.175. The summed E-state index contributed by atoms with van der Waals surface area (Å²) < 4.78 is 6.80. The van der Waals surface area contributed by atoms with Gasteiger partial charge in [0.2, 0.25) is 11.8 Å². The lowest BCUT2D eigenvalue weighted by molar-refractivity contribution is -0.134. The third-order valence-corrected chi connectivity index (χ3v) is 4.65. The Bertz CT molecular complexity index is 823. The van der Waals surface area contributed by atoms with Crippen molar-refractivity contribution < 1.29 is 14.3 Å². The SMILES string of the molecule is CCC(=O)Oc1c(CC)sc(=Nc2cccc(Cl)c2)n1C(=O)CC. The molecule has 0 amide bonds. The fourth-order valence-corrected chi connectivity index (χ4v) is 3.22. The van der Waals surface area contributed by atoms with E-state index in [0.717, 1.165) is 4.88 Å². The van der Waals surface area contributed by atoms with E-state index in [2.05, 4.69) is 4.99 Å². The molecule has 0 fully saturated rings. The molecule has 0 bridgehead atoms. The number of aryl methyl sites for hydroxylation is 1. The highest BCUT2D eigenvalue weighted by Crippen LogP contribution is 2.25. The van der Waals surface area contributed by atoms with Gasteiger partial charge >= 0.3 is 5.97 Å². The molecule has 2 rings (SSSR count). The lowest BCUT2D eigenvalue weighted by atomic mass is 10.3. The number of hydrogen-bond acceptors (Lipinski definition) is 5. The van der Waals surface area contributed by atoms with E-state index in [1.54, 1.807) is 38.1 Å². The lowest BCUT2D eigenvalue weighted by Gasteiger charge is -2.08. The zero-order chi connectivity index (χ0) is 17.7. The van der Waals surface area contributed by atoms with Gasteiger partial charge in [0.15, 0.2) is 4.80 Å². The highest BCUT2D eigenvalue weighted by molar-refractivity contribution is 7.09. The fourth-order valence-electron chi connectivity index (χ4n) is 2.02. The van der Waals surface area contributed by atoms with Crippen LogP contribution in [0.25, 0.3) is 0 Å². The summed E-state index contributed by atoms with van der Waals surface area (Å²) in [5.74, 6) is -0.276. The summed E-state index contributed by atoms with van der Waals surface area (Å²) in [5, 5.41) is 0.564. The van der Waals surface area contributed by atoms with Crippen LogP contribution in [0.4, 0.5) is 5.69 Å². The molecule has 0 saturated carbocycles. The topological polar surface area (TPSA) is 60.7 Å². The summed E-state index contributed by atoms with van der Waals surface area (Å²) in [7, 11) is 0. The van der Waals surface area contributed by atoms with E-state index in [9.17, 15) is 9.59 Å². The average molecular weight is 367 g/mol. The monoisotopic (exact) mass is 366 g/mol. The maximum absolute atomic E-state index is 12.4. The molecule has 0 spiro atoms. The van der Waals surface area contributed by atoms with E-state index in [-0.39, 0.29) is 30.6 Å². The first-order valence-corrected chi connectivity index (χ1v) is 8.98. The van der Waals surface area contributed by atoms with Gasteiger partial charge in [0.25, 0.3) is 0 Å². The third kappa shape index (κ3) is 4.13.